The maximum Gasteiger partial charge on any atom is 0.249 e. The molecule has 9 heteroatoms. The highest BCUT2D eigenvalue weighted by molar-refractivity contribution is 7.91. The third-order valence-corrected chi connectivity index (χ3v) is 9.39. The minimum Gasteiger partial charge on any atom is -0.237 e. The van der Waals surface area contributed by atoms with Gasteiger partial charge in [-0.15, -0.1) is 0 Å². The molecule has 0 saturated heterocycles. The second-order valence-electron chi connectivity index (χ2n) is 7.87. The number of pyridine rings is 1. The fraction of sp³-hybridized carbons (Fsp3) is 0.227. The third kappa shape index (κ3) is 3.41. The molecule has 1 aliphatic rings. The van der Waals surface area contributed by atoms with E-state index in [4.69, 9.17) is 0 Å². The summed E-state index contributed by atoms with van der Waals surface area (Å²) in [5.41, 5.74) is 1.43. The van der Waals surface area contributed by atoms with Gasteiger partial charge in [0, 0.05) is 29.6 Å². The van der Waals surface area contributed by atoms with Gasteiger partial charge >= 0.3 is 0 Å². The zero-order chi connectivity index (χ0) is 22.6. The van der Waals surface area contributed by atoms with E-state index >= 15 is 0 Å². The van der Waals surface area contributed by atoms with Gasteiger partial charge in [0.15, 0.2) is 15.5 Å². The van der Waals surface area contributed by atoms with Crippen molar-refractivity contribution in [2.45, 2.75) is 29.9 Å². The Morgan fingerprint density at radius 3 is 2.55 bits per heavy atom. The molecule has 0 saturated carbocycles. The van der Waals surface area contributed by atoms with E-state index in [2.05, 4.69) is 4.98 Å². The van der Waals surface area contributed by atoms with Crippen LogP contribution < -0.4 is 0 Å². The SMILES string of the molecule is CC1=CC(c2cc(S(C)(=O)=O)ccc2F)=CCC1(C)S(=O)(=O)n1ccc2cccnc21. The molecule has 0 N–H and O–H groups in total. The minimum absolute atomic E-state index is 0.00157. The lowest BCUT2D eigenvalue weighted by molar-refractivity contribution is 0.546. The van der Waals surface area contributed by atoms with E-state index in [1.807, 2.05) is 0 Å². The molecular weight excluding hydrogens is 439 g/mol. The standard InChI is InChI=1S/C22H21FN2O4S2/c1-15-13-17(19-14-18(30(3,26)27)6-7-20(19)23)8-10-22(15,2)31(28,29)25-12-9-16-5-4-11-24-21(16)25/h4-9,11-14H,10H2,1-3H3. The van der Waals surface area contributed by atoms with Gasteiger partial charge in [-0.2, -0.15) is 0 Å². The molecule has 6 nitrogen and oxygen atoms in total. The maximum absolute atomic E-state index is 14.5. The van der Waals surface area contributed by atoms with Crippen molar-refractivity contribution in [2.75, 3.05) is 6.26 Å². The number of sulfone groups is 1. The van der Waals surface area contributed by atoms with E-state index in [1.54, 1.807) is 44.2 Å². The van der Waals surface area contributed by atoms with Crippen molar-refractivity contribution in [3.63, 3.8) is 0 Å². The molecule has 1 unspecified atom stereocenters. The number of hydrogen-bond acceptors (Lipinski definition) is 5. The fourth-order valence-corrected chi connectivity index (χ4v) is 6.16. The number of rotatable bonds is 4. The first-order valence-corrected chi connectivity index (χ1v) is 12.8. The summed E-state index contributed by atoms with van der Waals surface area (Å²) in [5, 5.41) is 0.711. The highest BCUT2D eigenvalue weighted by Gasteiger charge is 2.43. The Kier molecular flexibility index (Phi) is 4.94. The van der Waals surface area contributed by atoms with E-state index < -0.39 is 30.4 Å². The summed E-state index contributed by atoms with van der Waals surface area (Å²) in [7, 11) is -7.40. The first kappa shape index (κ1) is 21.5. The molecule has 0 radical (unpaired) electrons. The molecule has 0 bridgehead atoms. The Hall–Kier alpha value is -2.78. The van der Waals surface area contributed by atoms with Crippen molar-refractivity contribution in [1.82, 2.24) is 8.96 Å². The van der Waals surface area contributed by atoms with E-state index in [-0.39, 0.29) is 16.9 Å². The molecule has 0 aliphatic heterocycles. The molecular formula is C22H21FN2O4S2. The van der Waals surface area contributed by atoms with E-state index in [0.29, 0.717) is 22.2 Å². The zero-order valence-corrected chi connectivity index (χ0v) is 18.8. The molecule has 1 atom stereocenters. The normalized spacial score (nSPS) is 19.9. The molecule has 31 heavy (non-hydrogen) atoms. The van der Waals surface area contributed by atoms with Gasteiger partial charge in [0.25, 0.3) is 0 Å². The van der Waals surface area contributed by atoms with E-state index in [1.165, 1.54) is 28.5 Å². The smallest absolute Gasteiger partial charge is 0.237 e. The van der Waals surface area contributed by atoms with Crippen LogP contribution in [0, 0.1) is 5.82 Å². The number of allylic oxidation sites excluding steroid dienone is 3. The fourth-order valence-electron chi connectivity index (χ4n) is 3.72. The molecule has 0 fully saturated rings. The van der Waals surface area contributed by atoms with Gasteiger partial charge in [-0.05, 0) is 67.8 Å². The molecule has 162 valence electrons. The van der Waals surface area contributed by atoms with Crippen LogP contribution in [-0.4, -0.2) is 36.8 Å². The summed E-state index contributed by atoms with van der Waals surface area (Å²) in [6.07, 6.45) is 7.41. The number of nitrogens with zero attached hydrogens (tertiary/aromatic N) is 2. The van der Waals surface area contributed by atoms with E-state index in [0.717, 1.165) is 12.3 Å². The Morgan fingerprint density at radius 1 is 1.13 bits per heavy atom. The lowest BCUT2D eigenvalue weighted by Crippen LogP contribution is -2.41. The topological polar surface area (TPSA) is 86.1 Å². The molecule has 1 aromatic carbocycles. The maximum atomic E-state index is 14.5. The summed E-state index contributed by atoms with van der Waals surface area (Å²) in [6.45, 7) is 3.31. The van der Waals surface area contributed by atoms with Gasteiger partial charge < -0.3 is 0 Å². The quantitative estimate of drug-likeness (QED) is 0.551. The summed E-state index contributed by atoms with van der Waals surface area (Å²) in [4.78, 5) is 4.21. The molecule has 0 spiro atoms. The second kappa shape index (κ2) is 7.13. The molecule has 0 amide bonds. The van der Waals surface area contributed by atoms with Crippen LogP contribution in [0.4, 0.5) is 4.39 Å². The summed E-state index contributed by atoms with van der Waals surface area (Å²) in [6, 6.07) is 8.82. The van der Waals surface area contributed by atoms with Crippen LogP contribution in [0.1, 0.15) is 25.8 Å². The first-order valence-electron chi connectivity index (χ1n) is 9.51. The van der Waals surface area contributed by atoms with Crippen molar-refractivity contribution < 1.29 is 21.2 Å². The number of benzene rings is 1. The lowest BCUT2D eigenvalue weighted by Gasteiger charge is -2.33. The first-order chi connectivity index (χ1) is 14.4. The average molecular weight is 461 g/mol. The van der Waals surface area contributed by atoms with Crippen LogP contribution in [0.3, 0.4) is 0 Å². The van der Waals surface area contributed by atoms with Crippen LogP contribution in [0.15, 0.2) is 71.4 Å². The second-order valence-corrected chi connectivity index (χ2v) is 12.1. The zero-order valence-electron chi connectivity index (χ0n) is 17.2. The number of hydrogen-bond donors (Lipinski definition) is 0. The minimum atomic E-state index is -3.89. The van der Waals surface area contributed by atoms with E-state index in [9.17, 15) is 21.2 Å². The van der Waals surface area contributed by atoms with Crippen molar-refractivity contribution in [3.8, 4) is 0 Å². The van der Waals surface area contributed by atoms with Crippen molar-refractivity contribution in [1.29, 1.82) is 0 Å². The predicted octanol–water partition coefficient (Wildman–Crippen LogP) is 3.95. The highest BCUT2D eigenvalue weighted by atomic mass is 32.2. The summed E-state index contributed by atoms with van der Waals surface area (Å²) in [5.74, 6) is -0.574. The summed E-state index contributed by atoms with van der Waals surface area (Å²) < 4.78 is 65.3. The third-order valence-electron chi connectivity index (χ3n) is 5.84. The van der Waals surface area contributed by atoms with Gasteiger partial charge in [0.2, 0.25) is 10.0 Å². The van der Waals surface area contributed by atoms with Gasteiger partial charge in [-0.25, -0.2) is 30.2 Å². The van der Waals surface area contributed by atoms with Gasteiger partial charge in [0.1, 0.15) is 10.6 Å². The van der Waals surface area contributed by atoms with Crippen LogP contribution in [0.2, 0.25) is 0 Å². The molecule has 1 aliphatic carbocycles. The average Bonchev–Trinajstić information content (AvgIpc) is 3.14. The Bertz CT molecular complexity index is 1480. The van der Waals surface area contributed by atoms with Gasteiger partial charge in [-0.1, -0.05) is 12.2 Å². The molecule has 3 aromatic rings. The monoisotopic (exact) mass is 460 g/mol. The Morgan fingerprint density at radius 2 is 1.87 bits per heavy atom. The summed E-state index contributed by atoms with van der Waals surface area (Å²) >= 11 is 0. The lowest BCUT2D eigenvalue weighted by atomic mass is 9.87. The van der Waals surface area contributed by atoms with Crippen molar-refractivity contribution in [2.24, 2.45) is 0 Å². The molecule has 2 heterocycles. The van der Waals surface area contributed by atoms with Crippen LogP contribution >= 0.6 is 0 Å². The van der Waals surface area contributed by atoms with Gasteiger partial charge in [-0.3, -0.25) is 0 Å². The van der Waals surface area contributed by atoms with Crippen LogP contribution in [-0.2, 0) is 19.9 Å². The van der Waals surface area contributed by atoms with Crippen LogP contribution in [0.5, 0.6) is 0 Å². The van der Waals surface area contributed by atoms with Crippen molar-refractivity contribution in [3.05, 3.63) is 77.9 Å². The number of halogens is 1. The molecule has 4 rings (SSSR count). The Labute approximate surface area is 180 Å². The van der Waals surface area contributed by atoms with Crippen LogP contribution in [0.25, 0.3) is 16.6 Å². The molecule has 2 aromatic heterocycles. The highest BCUT2D eigenvalue weighted by Crippen LogP contribution is 2.40. The number of aromatic nitrogens is 2. The van der Waals surface area contributed by atoms with Gasteiger partial charge in [0.05, 0.1) is 4.90 Å². The predicted molar refractivity (Wildman–Crippen MR) is 118 cm³/mol. The van der Waals surface area contributed by atoms with Crippen molar-refractivity contribution >= 4 is 36.5 Å². The largest absolute Gasteiger partial charge is 0.249 e. The Balaban J connectivity index is 1.78. The number of fused-ring (bicyclic) bond motifs is 1.